The van der Waals surface area contributed by atoms with Gasteiger partial charge in [0.1, 0.15) is 18.4 Å². The van der Waals surface area contributed by atoms with E-state index in [4.69, 9.17) is 0 Å². The van der Waals surface area contributed by atoms with Crippen LogP contribution in [0, 0.1) is 26.6 Å². The van der Waals surface area contributed by atoms with E-state index in [-0.39, 0.29) is 17.0 Å². The molecule has 0 bridgehead atoms. The Morgan fingerprint density at radius 1 is 0.946 bits per heavy atom. The summed E-state index contributed by atoms with van der Waals surface area (Å²) in [5, 5.41) is 2.50. The molecule has 0 saturated heterocycles. The summed E-state index contributed by atoms with van der Waals surface area (Å²) < 4.78 is 43.1. The number of amides is 2. The van der Waals surface area contributed by atoms with E-state index in [2.05, 4.69) is 5.32 Å². The number of carbonyl (C=O) groups is 2. The molecule has 9 heteroatoms. The molecule has 0 heterocycles. The van der Waals surface area contributed by atoms with Crippen LogP contribution in [0.25, 0.3) is 0 Å². The van der Waals surface area contributed by atoms with Crippen molar-refractivity contribution in [3.8, 4) is 0 Å². The highest BCUT2D eigenvalue weighted by molar-refractivity contribution is 7.92. The molecular weight excluding hydrogens is 493 g/mol. The lowest BCUT2D eigenvalue weighted by Crippen LogP contribution is -2.50. The molecule has 3 rings (SSSR count). The monoisotopic (exact) mass is 525 g/mol. The predicted molar refractivity (Wildman–Crippen MR) is 142 cm³/mol. The van der Waals surface area contributed by atoms with Gasteiger partial charge in [-0.15, -0.1) is 0 Å². The summed E-state index contributed by atoms with van der Waals surface area (Å²) >= 11 is 0. The maximum atomic E-state index is 14.5. The van der Waals surface area contributed by atoms with Crippen LogP contribution < -0.4 is 9.62 Å². The van der Waals surface area contributed by atoms with Crippen LogP contribution in [-0.4, -0.2) is 44.8 Å². The molecule has 0 spiro atoms. The van der Waals surface area contributed by atoms with Crippen molar-refractivity contribution in [1.82, 2.24) is 10.2 Å². The topological polar surface area (TPSA) is 86.8 Å². The minimum Gasteiger partial charge on any atom is -0.357 e. The van der Waals surface area contributed by atoms with Crippen LogP contribution in [0.5, 0.6) is 0 Å². The van der Waals surface area contributed by atoms with Crippen LogP contribution >= 0.6 is 0 Å². The molecule has 1 N–H and O–H groups in total. The lowest BCUT2D eigenvalue weighted by Gasteiger charge is -2.32. The Bertz CT molecular complexity index is 1390. The van der Waals surface area contributed by atoms with Crippen molar-refractivity contribution < 1.29 is 22.4 Å². The Morgan fingerprint density at radius 3 is 2.19 bits per heavy atom. The quantitative estimate of drug-likeness (QED) is 0.456. The summed E-state index contributed by atoms with van der Waals surface area (Å²) in [7, 11) is -2.71. The van der Waals surface area contributed by atoms with Crippen LogP contribution in [0.4, 0.5) is 10.1 Å². The summed E-state index contributed by atoms with van der Waals surface area (Å²) in [6.07, 6.45) is 0. The molecule has 0 aliphatic rings. The number of nitrogens with one attached hydrogen (secondary N) is 1. The van der Waals surface area contributed by atoms with Gasteiger partial charge in [-0.25, -0.2) is 12.8 Å². The summed E-state index contributed by atoms with van der Waals surface area (Å²) in [5.41, 5.74) is 3.25. The van der Waals surface area contributed by atoms with Crippen molar-refractivity contribution in [2.75, 3.05) is 17.9 Å². The normalized spacial score (nSPS) is 12.1. The molecule has 3 aromatic rings. The standard InChI is InChI=1S/C28H32FN3O4S/c1-19-10-14-25(15-11-19)37(35,36)32(24-13-12-20(2)21(3)16-24)18-27(33)31(22(4)28(34)30-5)17-23-8-6-7-9-26(23)29/h6-16,22H,17-18H2,1-5H3,(H,30,34)/t22-/m0/s1. The minimum atomic E-state index is -4.15. The van der Waals surface area contributed by atoms with Crippen molar-refractivity contribution in [2.24, 2.45) is 0 Å². The number of rotatable bonds is 9. The second-order valence-corrected chi connectivity index (χ2v) is 10.9. The summed E-state index contributed by atoms with van der Waals surface area (Å²) in [6.45, 7) is 6.36. The van der Waals surface area contributed by atoms with E-state index >= 15 is 0 Å². The van der Waals surface area contributed by atoms with E-state index in [1.54, 1.807) is 36.4 Å². The lowest BCUT2D eigenvalue weighted by molar-refractivity contribution is -0.139. The SMILES string of the molecule is CNC(=O)[C@H](C)N(Cc1ccccc1F)C(=O)CN(c1ccc(C)c(C)c1)S(=O)(=O)c1ccc(C)cc1. The predicted octanol–water partition coefficient (Wildman–Crippen LogP) is 4.11. The maximum Gasteiger partial charge on any atom is 0.264 e. The van der Waals surface area contributed by atoms with E-state index in [0.717, 1.165) is 21.0 Å². The van der Waals surface area contributed by atoms with Gasteiger partial charge in [0.15, 0.2) is 0 Å². The summed E-state index contributed by atoms with van der Waals surface area (Å²) in [4.78, 5) is 27.4. The zero-order chi connectivity index (χ0) is 27.3. The molecule has 37 heavy (non-hydrogen) atoms. The largest absolute Gasteiger partial charge is 0.357 e. The highest BCUT2D eigenvalue weighted by Crippen LogP contribution is 2.27. The molecular formula is C28H32FN3O4S. The number of likely N-dealkylation sites (N-methyl/N-ethyl adjacent to an activating group) is 1. The number of sulfonamides is 1. The molecule has 0 aliphatic heterocycles. The molecule has 0 fully saturated rings. The van der Waals surface area contributed by atoms with E-state index < -0.39 is 40.2 Å². The van der Waals surface area contributed by atoms with E-state index in [1.165, 1.54) is 49.2 Å². The van der Waals surface area contributed by atoms with E-state index in [9.17, 15) is 22.4 Å². The Hall–Kier alpha value is -3.72. The Labute approximate surface area is 218 Å². The third kappa shape index (κ3) is 6.35. The van der Waals surface area contributed by atoms with Gasteiger partial charge in [0, 0.05) is 19.2 Å². The molecule has 196 valence electrons. The molecule has 0 radical (unpaired) electrons. The summed E-state index contributed by atoms with van der Waals surface area (Å²) in [5.74, 6) is -1.63. The van der Waals surface area contributed by atoms with Crippen molar-refractivity contribution in [3.63, 3.8) is 0 Å². The number of anilines is 1. The summed E-state index contributed by atoms with van der Waals surface area (Å²) in [6, 6.07) is 16.5. The molecule has 0 aromatic heterocycles. The fourth-order valence-corrected chi connectivity index (χ4v) is 5.25. The first-order valence-electron chi connectivity index (χ1n) is 11.9. The Morgan fingerprint density at radius 2 is 1.59 bits per heavy atom. The first-order valence-corrected chi connectivity index (χ1v) is 13.3. The molecule has 1 atom stereocenters. The molecule has 2 amide bonds. The zero-order valence-corrected chi connectivity index (χ0v) is 22.5. The second kappa shape index (κ2) is 11.6. The number of hydrogen-bond acceptors (Lipinski definition) is 4. The highest BCUT2D eigenvalue weighted by atomic mass is 32.2. The van der Waals surface area contributed by atoms with Gasteiger partial charge in [0.05, 0.1) is 10.6 Å². The van der Waals surface area contributed by atoms with Gasteiger partial charge >= 0.3 is 0 Å². The van der Waals surface area contributed by atoms with Crippen molar-refractivity contribution in [1.29, 1.82) is 0 Å². The molecule has 7 nitrogen and oxygen atoms in total. The average Bonchev–Trinajstić information content (AvgIpc) is 2.87. The van der Waals surface area contributed by atoms with Gasteiger partial charge in [-0.05, 0) is 69.2 Å². The Kier molecular flexibility index (Phi) is 8.70. The molecule has 0 saturated carbocycles. The van der Waals surface area contributed by atoms with Crippen LogP contribution in [0.15, 0.2) is 71.6 Å². The minimum absolute atomic E-state index is 0.0316. The maximum absolute atomic E-state index is 14.5. The average molecular weight is 526 g/mol. The first-order chi connectivity index (χ1) is 17.4. The fraction of sp³-hybridized carbons (Fsp3) is 0.286. The van der Waals surface area contributed by atoms with Crippen LogP contribution in [-0.2, 0) is 26.2 Å². The van der Waals surface area contributed by atoms with Crippen molar-refractivity contribution >= 4 is 27.5 Å². The number of halogens is 1. The number of aryl methyl sites for hydroxylation is 3. The lowest BCUT2D eigenvalue weighted by atomic mass is 10.1. The van der Waals surface area contributed by atoms with Crippen LogP contribution in [0.3, 0.4) is 0 Å². The van der Waals surface area contributed by atoms with Gasteiger partial charge in [0.25, 0.3) is 10.0 Å². The number of carbonyl (C=O) groups excluding carboxylic acids is 2. The highest BCUT2D eigenvalue weighted by Gasteiger charge is 2.32. The van der Waals surface area contributed by atoms with Gasteiger partial charge in [-0.2, -0.15) is 0 Å². The van der Waals surface area contributed by atoms with Crippen molar-refractivity contribution in [3.05, 3.63) is 94.8 Å². The van der Waals surface area contributed by atoms with Crippen LogP contribution in [0.2, 0.25) is 0 Å². The van der Waals surface area contributed by atoms with E-state index in [1.807, 2.05) is 20.8 Å². The van der Waals surface area contributed by atoms with Gasteiger partial charge in [0.2, 0.25) is 11.8 Å². The molecule has 3 aromatic carbocycles. The third-order valence-electron chi connectivity index (χ3n) is 6.38. The first kappa shape index (κ1) is 27.9. The number of nitrogens with zero attached hydrogens (tertiary/aromatic N) is 2. The fourth-order valence-electron chi connectivity index (χ4n) is 3.85. The number of benzene rings is 3. The van der Waals surface area contributed by atoms with Gasteiger partial charge in [-0.1, -0.05) is 42.0 Å². The van der Waals surface area contributed by atoms with E-state index in [0.29, 0.717) is 5.69 Å². The molecule has 0 unspecified atom stereocenters. The van der Waals surface area contributed by atoms with Crippen molar-refractivity contribution in [2.45, 2.75) is 45.2 Å². The van der Waals surface area contributed by atoms with Crippen LogP contribution in [0.1, 0.15) is 29.2 Å². The smallest absolute Gasteiger partial charge is 0.264 e. The molecule has 0 aliphatic carbocycles. The third-order valence-corrected chi connectivity index (χ3v) is 8.17. The Balaban J connectivity index is 2.07. The van der Waals surface area contributed by atoms with Gasteiger partial charge in [-0.3, -0.25) is 13.9 Å². The van der Waals surface area contributed by atoms with Gasteiger partial charge < -0.3 is 10.2 Å². The number of hydrogen-bond donors (Lipinski definition) is 1. The second-order valence-electron chi connectivity index (χ2n) is 9.00. The zero-order valence-electron chi connectivity index (χ0n) is 21.7.